The average Bonchev–Trinajstić information content (AvgIpc) is 2.39. The maximum absolute atomic E-state index is 4.87. The molecule has 0 N–H and O–H groups in total. The first kappa shape index (κ1) is 13.5. The summed E-state index contributed by atoms with van der Waals surface area (Å²) >= 11 is 0. The highest BCUT2D eigenvalue weighted by atomic mass is 14.8. The van der Waals surface area contributed by atoms with E-state index in [4.69, 9.17) is 4.99 Å². The molecule has 0 fully saturated rings. The van der Waals surface area contributed by atoms with Crippen LogP contribution >= 0.6 is 0 Å². The number of rotatable bonds is 3. The molecule has 19 heavy (non-hydrogen) atoms. The monoisotopic (exact) mass is 251 g/mol. The van der Waals surface area contributed by atoms with E-state index in [0.29, 0.717) is 5.92 Å². The van der Waals surface area contributed by atoms with Crippen molar-refractivity contribution in [3.05, 3.63) is 65.2 Å². The molecular weight excluding hydrogens is 230 g/mol. The van der Waals surface area contributed by atoms with E-state index in [1.54, 1.807) is 0 Å². The molecule has 0 aliphatic rings. The number of hydrogen-bond donors (Lipinski definition) is 0. The van der Waals surface area contributed by atoms with Crippen molar-refractivity contribution in [2.75, 3.05) is 0 Å². The Morgan fingerprint density at radius 2 is 1.53 bits per heavy atom. The lowest BCUT2D eigenvalue weighted by molar-refractivity contribution is 0.884. The van der Waals surface area contributed by atoms with Gasteiger partial charge in [-0.2, -0.15) is 0 Å². The fourth-order valence-corrected chi connectivity index (χ4v) is 2.07. The van der Waals surface area contributed by atoms with Crippen LogP contribution in [0.1, 0.15) is 30.5 Å². The maximum atomic E-state index is 4.87. The second-order valence-corrected chi connectivity index (χ2v) is 5.30. The third-order valence-electron chi connectivity index (χ3n) is 3.25. The summed E-state index contributed by atoms with van der Waals surface area (Å²) < 4.78 is 0. The molecule has 0 bridgehead atoms. The quantitative estimate of drug-likeness (QED) is 0.674. The highest BCUT2D eigenvalue weighted by Gasteiger charge is 2.09. The first-order valence-corrected chi connectivity index (χ1v) is 6.79. The van der Waals surface area contributed by atoms with Crippen LogP contribution in [0.4, 0.5) is 5.69 Å². The van der Waals surface area contributed by atoms with Crippen molar-refractivity contribution in [1.82, 2.24) is 0 Å². The molecule has 2 rings (SSSR count). The highest BCUT2D eigenvalue weighted by molar-refractivity contribution is 6.03. The van der Waals surface area contributed by atoms with E-state index in [1.165, 1.54) is 16.7 Å². The smallest absolute Gasteiger partial charge is 0.0662 e. The molecule has 2 aromatic carbocycles. The number of aryl methyl sites for hydroxylation is 2. The van der Waals surface area contributed by atoms with Gasteiger partial charge in [0, 0.05) is 0 Å². The van der Waals surface area contributed by atoms with Gasteiger partial charge >= 0.3 is 0 Å². The van der Waals surface area contributed by atoms with Gasteiger partial charge in [-0.3, -0.25) is 4.99 Å². The van der Waals surface area contributed by atoms with Crippen molar-refractivity contribution in [3.63, 3.8) is 0 Å². The Morgan fingerprint density at radius 1 is 0.895 bits per heavy atom. The first-order chi connectivity index (χ1) is 9.08. The van der Waals surface area contributed by atoms with E-state index >= 15 is 0 Å². The zero-order valence-electron chi connectivity index (χ0n) is 12.1. The van der Waals surface area contributed by atoms with E-state index in [2.05, 4.69) is 70.2 Å². The predicted molar refractivity (Wildman–Crippen MR) is 83.4 cm³/mol. The summed E-state index contributed by atoms with van der Waals surface area (Å²) in [5.41, 5.74) is 5.92. The van der Waals surface area contributed by atoms with Gasteiger partial charge in [0.1, 0.15) is 0 Å². The molecule has 0 aromatic heterocycles. The van der Waals surface area contributed by atoms with Crippen LogP contribution in [-0.2, 0) is 0 Å². The molecule has 0 aliphatic carbocycles. The van der Waals surface area contributed by atoms with Crippen molar-refractivity contribution in [2.45, 2.75) is 27.7 Å². The minimum absolute atomic E-state index is 0.405. The molecule has 0 atom stereocenters. The second kappa shape index (κ2) is 5.83. The third kappa shape index (κ3) is 3.31. The Bertz CT molecular complexity index is 577. The van der Waals surface area contributed by atoms with Crippen molar-refractivity contribution >= 4 is 11.4 Å². The van der Waals surface area contributed by atoms with Crippen LogP contribution in [0.25, 0.3) is 0 Å². The van der Waals surface area contributed by atoms with Crippen LogP contribution < -0.4 is 0 Å². The molecule has 0 saturated carbocycles. The molecule has 0 unspecified atom stereocenters. The number of para-hydroxylation sites is 1. The van der Waals surface area contributed by atoms with Gasteiger partial charge in [0.15, 0.2) is 0 Å². The molecule has 0 radical (unpaired) electrons. The average molecular weight is 251 g/mol. The van der Waals surface area contributed by atoms with Gasteiger partial charge < -0.3 is 0 Å². The van der Waals surface area contributed by atoms with Gasteiger partial charge in [0.25, 0.3) is 0 Å². The molecule has 0 amide bonds. The predicted octanol–water partition coefficient (Wildman–Crippen LogP) is 5.08. The van der Waals surface area contributed by atoms with Crippen LogP contribution in [0.2, 0.25) is 0 Å². The van der Waals surface area contributed by atoms with E-state index in [1.807, 2.05) is 6.07 Å². The lowest BCUT2D eigenvalue weighted by Crippen LogP contribution is -2.09. The zero-order chi connectivity index (χ0) is 13.8. The van der Waals surface area contributed by atoms with Gasteiger partial charge in [-0.1, -0.05) is 61.9 Å². The van der Waals surface area contributed by atoms with Crippen molar-refractivity contribution in [3.8, 4) is 0 Å². The molecule has 2 aromatic rings. The molecule has 1 nitrogen and oxygen atoms in total. The van der Waals surface area contributed by atoms with Crippen LogP contribution in [0, 0.1) is 19.8 Å². The molecule has 98 valence electrons. The summed E-state index contributed by atoms with van der Waals surface area (Å²) in [6, 6.07) is 16.9. The van der Waals surface area contributed by atoms with Crippen LogP contribution in [0.3, 0.4) is 0 Å². The molecule has 0 spiro atoms. The summed E-state index contributed by atoms with van der Waals surface area (Å²) in [6.45, 7) is 8.59. The van der Waals surface area contributed by atoms with Crippen molar-refractivity contribution in [2.24, 2.45) is 10.9 Å². The standard InChI is InChI=1S/C18H21N/c1-13(2)18(16-11-9-14(3)10-12-16)19-17-8-6-5-7-15(17)4/h5-13H,1-4H3. The Hall–Kier alpha value is -1.89. The zero-order valence-corrected chi connectivity index (χ0v) is 12.1. The number of nitrogens with zero attached hydrogens (tertiary/aromatic N) is 1. The Kier molecular flexibility index (Phi) is 4.16. The normalized spacial score (nSPS) is 11.9. The maximum Gasteiger partial charge on any atom is 0.0662 e. The van der Waals surface area contributed by atoms with E-state index in [9.17, 15) is 0 Å². The molecule has 0 aliphatic heterocycles. The number of benzene rings is 2. The first-order valence-electron chi connectivity index (χ1n) is 6.79. The minimum Gasteiger partial charge on any atom is -0.252 e. The van der Waals surface area contributed by atoms with E-state index in [-0.39, 0.29) is 0 Å². The lowest BCUT2D eigenvalue weighted by atomic mass is 9.98. The second-order valence-electron chi connectivity index (χ2n) is 5.30. The van der Waals surface area contributed by atoms with E-state index < -0.39 is 0 Å². The van der Waals surface area contributed by atoms with Crippen molar-refractivity contribution in [1.29, 1.82) is 0 Å². The summed E-state index contributed by atoms with van der Waals surface area (Å²) in [7, 11) is 0. The minimum atomic E-state index is 0.405. The van der Waals surface area contributed by atoms with Crippen LogP contribution in [0.5, 0.6) is 0 Å². The fraction of sp³-hybridized carbons (Fsp3) is 0.278. The summed E-state index contributed by atoms with van der Waals surface area (Å²) in [5.74, 6) is 0.405. The Labute approximate surface area is 116 Å². The number of hydrogen-bond acceptors (Lipinski definition) is 1. The number of aliphatic imine (C=N–C) groups is 1. The topological polar surface area (TPSA) is 12.4 Å². The van der Waals surface area contributed by atoms with Gasteiger partial charge in [0.05, 0.1) is 11.4 Å². The fourth-order valence-electron chi connectivity index (χ4n) is 2.07. The third-order valence-corrected chi connectivity index (χ3v) is 3.25. The van der Waals surface area contributed by atoms with Crippen LogP contribution in [-0.4, -0.2) is 5.71 Å². The van der Waals surface area contributed by atoms with E-state index in [0.717, 1.165) is 11.4 Å². The summed E-state index contributed by atoms with van der Waals surface area (Å²) in [6.07, 6.45) is 0. The molecule has 0 heterocycles. The largest absolute Gasteiger partial charge is 0.252 e. The SMILES string of the molecule is Cc1ccc(C(=Nc2ccccc2C)C(C)C)cc1. The van der Waals surface area contributed by atoms with Crippen LogP contribution in [0.15, 0.2) is 53.5 Å². The van der Waals surface area contributed by atoms with Crippen molar-refractivity contribution < 1.29 is 0 Å². The summed E-state index contributed by atoms with van der Waals surface area (Å²) in [4.78, 5) is 4.87. The molecular formula is C18H21N. The highest BCUT2D eigenvalue weighted by Crippen LogP contribution is 2.21. The molecule has 0 saturated heterocycles. The Balaban J connectivity index is 2.46. The Morgan fingerprint density at radius 3 is 2.11 bits per heavy atom. The van der Waals surface area contributed by atoms with Gasteiger partial charge in [0.2, 0.25) is 0 Å². The lowest BCUT2D eigenvalue weighted by Gasteiger charge is -2.12. The van der Waals surface area contributed by atoms with Gasteiger partial charge in [-0.05, 0) is 37.0 Å². The van der Waals surface area contributed by atoms with Gasteiger partial charge in [-0.15, -0.1) is 0 Å². The molecule has 1 heteroatoms. The van der Waals surface area contributed by atoms with Gasteiger partial charge in [-0.25, -0.2) is 0 Å². The summed E-state index contributed by atoms with van der Waals surface area (Å²) in [5, 5.41) is 0.